The first-order valence-corrected chi connectivity index (χ1v) is 7.36. The first kappa shape index (κ1) is 13.2. The molecule has 3 heteroatoms. The molecule has 1 heterocycles. The Kier molecular flexibility index (Phi) is 4.90. The van der Waals surface area contributed by atoms with E-state index in [9.17, 15) is 0 Å². The van der Waals surface area contributed by atoms with Gasteiger partial charge in [0, 0.05) is 30.6 Å². The van der Waals surface area contributed by atoms with Crippen LogP contribution >= 0.6 is 11.3 Å². The van der Waals surface area contributed by atoms with Crippen LogP contribution in [0.15, 0.2) is 35.8 Å². The van der Waals surface area contributed by atoms with Gasteiger partial charge in [-0.15, -0.1) is 11.3 Å². The van der Waals surface area contributed by atoms with E-state index in [1.54, 1.807) is 11.3 Å². The van der Waals surface area contributed by atoms with Crippen LogP contribution in [0.1, 0.15) is 35.9 Å². The molecule has 0 saturated heterocycles. The van der Waals surface area contributed by atoms with Crippen molar-refractivity contribution in [3.05, 3.63) is 52.0 Å². The molecule has 0 aliphatic carbocycles. The molecular weight excluding hydrogens is 240 g/mol. The van der Waals surface area contributed by atoms with Crippen LogP contribution in [-0.4, -0.2) is 11.5 Å². The fourth-order valence-corrected chi connectivity index (χ4v) is 2.76. The molecule has 2 aromatic rings. The van der Waals surface area contributed by atoms with Crippen molar-refractivity contribution in [2.75, 3.05) is 6.54 Å². The molecule has 96 valence electrons. The van der Waals surface area contributed by atoms with Gasteiger partial charge in [-0.25, -0.2) is 4.98 Å². The summed E-state index contributed by atoms with van der Waals surface area (Å²) in [4.78, 5) is 4.35. The number of hydrogen-bond donors (Lipinski definition) is 1. The average molecular weight is 260 g/mol. The number of aromatic nitrogens is 1. The van der Waals surface area contributed by atoms with E-state index < -0.39 is 0 Å². The summed E-state index contributed by atoms with van der Waals surface area (Å²) in [5.74, 6) is 0.485. The van der Waals surface area contributed by atoms with Gasteiger partial charge in [-0.1, -0.05) is 38.1 Å². The van der Waals surface area contributed by atoms with Crippen LogP contribution in [0.25, 0.3) is 0 Å². The summed E-state index contributed by atoms with van der Waals surface area (Å²) < 4.78 is 0. The molecule has 18 heavy (non-hydrogen) atoms. The van der Waals surface area contributed by atoms with Gasteiger partial charge in [-0.3, -0.25) is 0 Å². The fraction of sp³-hybridized carbons (Fsp3) is 0.400. The van der Waals surface area contributed by atoms with Gasteiger partial charge in [0.1, 0.15) is 0 Å². The Balaban J connectivity index is 1.85. The Bertz CT molecular complexity index is 465. The Morgan fingerprint density at radius 2 is 2.06 bits per heavy atom. The highest BCUT2D eigenvalue weighted by Crippen LogP contribution is 2.16. The van der Waals surface area contributed by atoms with Crippen molar-refractivity contribution >= 4 is 11.3 Å². The van der Waals surface area contributed by atoms with Crippen LogP contribution in [-0.2, 0) is 13.0 Å². The van der Waals surface area contributed by atoms with E-state index in [1.165, 1.54) is 16.1 Å². The molecule has 0 aliphatic rings. The van der Waals surface area contributed by atoms with E-state index in [1.807, 2.05) is 11.6 Å². The minimum Gasteiger partial charge on any atom is -0.312 e. The second-order valence-electron chi connectivity index (χ2n) is 4.52. The van der Waals surface area contributed by atoms with Gasteiger partial charge < -0.3 is 5.32 Å². The third-order valence-electron chi connectivity index (χ3n) is 3.14. The number of benzene rings is 1. The van der Waals surface area contributed by atoms with Crippen LogP contribution < -0.4 is 5.32 Å². The van der Waals surface area contributed by atoms with E-state index in [2.05, 4.69) is 48.4 Å². The molecule has 1 aromatic carbocycles. The van der Waals surface area contributed by atoms with E-state index in [0.717, 1.165) is 19.5 Å². The first-order valence-electron chi connectivity index (χ1n) is 6.48. The molecule has 2 rings (SSSR count). The first-order chi connectivity index (χ1) is 8.81. The maximum atomic E-state index is 4.35. The van der Waals surface area contributed by atoms with Crippen molar-refractivity contribution in [2.24, 2.45) is 0 Å². The quantitative estimate of drug-likeness (QED) is 0.858. The van der Waals surface area contributed by atoms with E-state index in [4.69, 9.17) is 0 Å². The SMILES string of the molecule is CCc1ccccc1CNCC(C)c1nccs1. The molecule has 0 fully saturated rings. The zero-order valence-electron chi connectivity index (χ0n) is 11.0. The maximum Gasteiger partial charge on any atom is 0.0965 e. The predicted octanol–water partition coefficient (Wildman–Crippen LogP) is 3.60. The minimum atomic E-state index is 0.485. The summed E-state index contributed by atoms with van der Waals surface area (Å²) in [5, 5.41) is 6.79. The normalized spacial score (nSPS) is 12.6. The fourth-order valence-electron chi connectivity index (χ4n) is 2.06. The van der Waals surface area contributed by atoms with Crippen LogP contribution in [0, 0.1) is 0 Å². The molecule has 1 unspecified atom stereocenters. The summed E-state index contributed by atoms with van der Waals surface area (Å²) in [5.41, 5.74) is 2.85. The Hall–Kier alpha value is -1.19. The molecule has 0 bridgehead atoms. The second kappa shape index (κ2) is 6.66. The van der Waals surface area contributed by atoms with Crippen molar-refractivity contribution in [2.45, 2.75) is 32.7 Å². The van der Waals surface area contributed by atoms with Crippen LogP contribution in [0.2, 0.25) is 0 Å². The average Bonchev–Trinajstić information content (AvgIpc) is 2.93. The third kappa shape index (κ3) is 3.40. The number of nitrogens with zero attached hydrogens (tertiary/aromatic N) is 1. The van der Waals surface area contributed by atoms with E-state index in [0.29, 0.717) is 5.92 Å². The summed E-state index contributed by atoms with van der Waals surface area (Å²) in [7, 11) is 0. The number of rotatable bonds is 6. The van der Waals surface area contributed by atoms with Crippen LogP contribution in [0.3, 0.4) is 0 Å². The molecule has 0 spiro atoms. The molecule has 0 aliphatic heterocycles. The Labute approximate surface area is 113 Å². The lowest BCUT2D eigenvalue weighted by Gasteiger charge is -2.12. The number of nitrogens with one attached hydrogen (secondary N) is 1. The number of thiazole rings is 1. The van der Waals surface area contributed by atoms with Crippen molar-refractivity contribution < 1.29 is 0 Å². The van der Waals surface area contributed by atoms with E-state index >= 15 is 0 Å². The largest absolute Gasteiger partial charge is 0.312 e. The number of aryl methyl sites for hydroxylation is 1. The molecule has 0 saturated carbocycles. The highest BCUT2D eigenvalue weighted by molar-refractivity contribution is 7.09. The molecule has 1 aromatic heterocycles. The highest BCUT2D eigenvalue weighted by Gasteiger charge is 2.07. The Morgan fingerprint density at radius 3 is 2.72 bits per heavy atom. The maximum absolute atomic E-state index is 4.35. The van der Waals surface area contributed by atoms with Gasteiger partial charge >= 0.3 is 0 Å². The summed E-state index contributed by atoms with van der Waals surface area (Å²) >= 11 is 1.73. The standard InChI is InChI=1S/C15H20N2S/c1-3-13-6-4-5-7-14(13)11-16-10-12(2)15-17-8-9-18-15/h4-9,12,16H,3,10-11H2,1-2H3. The van der Waals surface area contributed by atoms with Gasteiger partial charge in [0.2, 0.25) is 0 Å². The van der Waals surface area contributed by atoms with Gasteiger partial charge in [0.15, 0.2) is 0 Å². The van der Waals surface area contributed by atoms with Gasteiger partial charge in [0.05, 0.1) is 5.01 Å². The lowest BCUT2D eigenvalue weighted by Crippen LogP contribution is -2.20. The van der Waals surface area contributed by atoms with Crippen molar-refractivity contribution in [1.82, 2.24) is 10.3 Å². The summed E-state index contributed by atoms with van der Waals surface area (Å²) in [6, 6.07) is 8.64. The van der Waals surface area contributed by atoms with Crippen LogP contribution in [0.4, 0.5) is 0 Å². The molecule has 1 atom stereocenters. The second-order valence-corrected chi connectivity index (χ2v) is 5.45. The lowest BCUT2D eigenvalue weighted by molar-refractivity contribution is 0.610. The van der Waals surface area contributed by atoms with Gasteiger partial charge in [-0.2, -0.15) is 0 Å². The molecule has 1 N–H and O–H groups in total. The summed E-state index contributed by atoms with van der Waals surface area (Å²) in [6.07, 6.45) is 2.97. The zero-order chi connectivity index (χ0) is 12.8. The molecule has 0 radical (unpaired) electrons. The lowest BCUT2D eigenvalue weighted by atomic mass is 10.1. The van der Waals surface area contributed by atoms with Crippen molar-refractivity contribution in [3.63, 3.8) is 0 Å². The molecular formula is C15H20N2S. The summed E-state index contributed by atoms with van der Waals surface area (Å²) in [6.45, 7) is 6.35. The molecule has 0 amide bonds. The van der Waals surface area contributed by atoms with Crippen molar-refractivity contribution in [1.29, 1.82) is 0 Å². The predicted molar refractivity (Wildman–Crippen MR) is 78.1 cm³/mol. The van der Waals surface area contributed by atoms with Gasteiger partial charge in [-0.05, 0) is 17.5 Å². The molecule has 2 nitrogen and oxygen atoms in total. The monoisotopic (exact) mass is 260 g/mol. The zero-order valence-corrected chi connectivity index (χ0v) is 11.8. The van der Waals surface area contributed by atoms with Crippen molar-refractivity contribution in [3.8, 4) is 0 Å². The third-order valence-corrected chi connectivity index (χ3v) is 4.15. The highest BCUT2D eigenvalue weighted by atomic mass is 32.1. The number of hydrogen-bond acceptors (Lipinski definition) is 3. The smallest absolute Gasteiger partial charge is 0.0965 e. The Morgan fingerprint density at radius 1 is 1.28 bits per heavy atom. The minimum absolute atomic E-state index is 0.485. The van der Waals surface area contributed by atoms with E-state index in [-0.39, 0.29) is 0 Å². The topological polar surface area (TPSA) is 24.9 Å². The van der Waals surface area contributed by atoms with Gasteiger partial charge in [0.25, 0.3) is 0 Å². The van der Waals surface area contributed by atoms with Crippen LogP contribution in [0.5, 0.6) is 0 Å².